The van der Waals surface area contributed by atoms with E-state index in [2.05, 4.69) is 55.8 Å². The van der Waals surface area contributed by atoms with Crippen molar-refractivity contribution in [3.05, 3.63) is 60.3 Å². The van der Waals surface area contributed by atoms with E-state index < -0.39 is 0 Å². The summed E-state index contributed by atoms with van der Waals surface area (Å²) in [5.41, 5.74) is 5.01. The van der Waals surface area contributed by atoms with Gasteiger partial charge in [0.15, 0.2) is 0 Å². The first-order chi connectivity index (χ1) is 8.72. The van der Waals surface area contributed by atoms with Crippen LogP contribution in [0.2, 0.25) is 0 Å². The molecule has 0 atom stereocenters. The molecule has 0 aliphatic carbocycles. The first kappa shape index (κ1) is 12.4. The number of allylic oxidation sites excluding steroid dienone is 2. The van der Waals surface area contributed by atoms with Crippen LogP contribution in [0.25, 0.3) is 23.1 Å². The second-order valence-corrected chi connectivity index (χ2v) is 4.32. The van der Waals surface area contributed by atoms with Crippen molar-refractivity contribution < 1.29 is 0 Å². The van der Waals surface area contributed by atoms with E-state index in [0.717, 1.165) is 12.1 Å². The SMILES string of the molecule is C=C/C=C\c1c(C)n(CC)c2ccc(C=C)cc12. The lowest BCUT2D eigenvalue weighted by Gasteiger charge is -2.03. The van der Waals surface area contributed by atoms with Gasteiger partial charge < -0.3 is 4.57 Å². The van der Waals surface area contributed by atoms with E-state index in [0.29, 0.717) is 0 Å². The van der Waals surface area contributed by atoms with Gasteiger partial charge in [-0.15, -0.1) is 0 Å². The van der Waals surface area contributed by atoms with E-state index in [4.69, 9.17) is 0 Å². The summed E-state index contributed by atoms with van der Waals surface area (Å²) in [5.74, 6) is 0. The van der Waals surface area contributed by atoms with Crippen molar-refractivity contribution in [2.75, 3.05) is 0 Å². The Morgan fingerprint density at radius 1 is 1.28 bits per heavy atom. The van der Waals surface area contributed by atoms with Crippen LogP contribution in [-0.4, -0.2) is 4.57 Å². The molecule has 1 heterocycles. The molecular formula is C17H19N. The minimum atomic E-state index is 0.984. The van der Waals surface area contributed by atoms with Gasteiger partial charge in [-0.25, -0.2) is 0 Å². The molecule has 0 radical (unpaired) electrons. The van der Waals surface area contributed by atoms with Gasteiger partial charge in [-0.05, 0) is 31.5 Å². The number of aromatic nitrogens is 1. The normalized spacial score (nSPS) is 11.2. The fourth-order valence-electron chi connectivity index (χ4n) is 2.43. The summed E-state index contributed by atoms with van der Waals surface area (Å²) in [6.45, 7) is 12.9. The number of benzene rings is 1. The third-order valence-corrected chi connectivity index (χ3v) is 3.35. The Balaban J connectivity index is 2.80. The molecule has 2 aromatic rings. The largest absolute Gasteiger partial charge is 0.345 e. The Morgan fingerprint density at radius 2 is 2.06 bits per heavy atom. The summed E-state index contributed by atoms with van der Waals surface area (Å²) in [6, 6.07) is 6.49. The van der Waals surface area contributed by atoms with Crippen LogP contribution in [0.15, 0.2) is 43.5 Å². The van der Waals surface area contributed by atoms with Crippen LogP contribution in [0, 0.1) is 6.92 Å². The molecule has 18 heavy (non-hydrogen) atoms. The van der Waals surface area contributed by atoms with Gasteiger partial charge in [0.1, 0.15) is 0 Å². The van der Waals surface area contributed by atoms with Gasteiger partial charge in [-0.3, -0.25) is 0 Å². The van der Waals surface area contributed by atoms with Gasteiger partial charge in [0, 0.05) is 28.7 Å². The molecular weight excluding hydrogens is 218 g/mol. The molecule has 0 aliphatic rings. The van der Waals surface area contributed by atoms with Crippen LogP contribution in [0.1, 0.15) is 23.7 Å². The average Bonchev–Trinajstić information content (AvgIpc) is 2.67. The van der Waals surface area contributed by atoms with Gasteiger partial charge in [-0.2, -0.15) is 0 Å². The van der Waals surface area contributed by atoms with Crippen LogP contribution in [0.4, 0.5) is 0 Å². The topological polar surface area (TPSA) is 4.93 Å². The highest BCUT2D eigenvalue weighted by Gasteiger charge is 2.10. The average molecular weight is 237 g/mol. The van der Waals surface area contributed by atoms with Gasteiger partial charge in [0.2, 0.25) is 0 Å². The second kappa shape index (κ2) is 5.09. The van der Waals surface area contributed by atoms with Gasteiger partial charge in [-0.1, -0.05) is 43.5 Å². The second-order valence-electron chi connectivity index (χ2n) is 4.32. The summed E-state index contributed by atoms with van der Waals surface area (Å²) in [6.07, 6.45) is 7.82. The lowest BCUT2D eigenvalue weighted by atomic mass is 10.1. The molecule has 0 bridgehead atoms. The molecule has 0 fully saturated rings. The highest BCUT2D eigenvalue weighted by atomic mass is 15.0. The third kappa shape index (κ3) is 1.92. The minimum absolute atomic E-state index is 0.984. The Bertz CT molecular complexity index is 627. The number of aryl methyl sites for hydroxylation is 1. The molecule has 0 unspecified atom stereocenters. The maximum atomic E-state index is 3.84. The lowest BCUT2D eigenvalue weighted by molar-refractivity contribution is 0.769. The Morgan fingerprint density at radius 3 is 2.67 bits per heavy atom. The molecule has 92 valence electrons. The molecule has 0 aliphatic heterocycles. The van der Waals surface area contributed by atoms with Crippen molar-refractivity contribution in [2.45, 2.75) is 20.4 Å². The summed E-state index contributed by atoms with van der Waals surface area (Å²) < 4.78 is 2.34. The van der Waals surface area contributed by atoms with Gasteiger partial charge in [0.05, 0.1) is 0 Å². The highest BCUT2D eigenvalue weighted by Crippen LogP contribution is 2.28. The Kier molecular flexibility index (Phi) is 3.52. The predicted octanol–water partition coefficient (Wildman–Crippen LogP) is 4.81. The van der Waals surface area contributed by atoms with Crippen molar-refractivity contribution >= 4 is 23.1 Å². The fraction of sp³-hybridized carbons (Fsp3) is 0.176. The van der Waals surface area contributed by atoms with E-state index in [1.165, 1.54) is 22.2 Å². The molecule has 1 heteroatoms. The van der Waals surface area contributed by atoms with Crippen molar-refractivity contribution in [3.63, 3.8) is 0 Å². The Hall–Kier alpha value is -2.02. The van der Waals surface area contributed by atoms with E-state index in [-0.39, 0.29) is 0 Å². The molecule has 0 N–H and O–H groups in total. The van der Waals surface area contributed by atoms with Crippen LogP contribution in [-0.2, 0) is 6.54 Å². The number of nitrogens with zero attached hydrogens (tertiary/aromatic N) is 1. The third-order valence-electron chi connectivity index (χ3n) is 3.35. The van der Waals surface area contributed by atoms with Crippen LogP contribution >= 0.6 is 0 Å². The molecule has 1 nitrogen and oxygen atoms in total. The predicted molar refractivity (Wildman–Crippen MR) is 81.7 cm³/mol. The number of hydrogen-bond acceptors (Lipinski definition) is 0. The molecule has 1 aromatic heterocycles. The molecule has 1 aromatic carbocycles. The van der Waals surface area contributed by atoms with E-state index in [1.807, 2.05) is 18.2 Å². The van der Waals surface area contributed by atoms with Crippen LogP contribution in [0.3, 0.4) is 0 Å². The zero-order chi connectivity index (χ0) is 13.1. The quantitative estimate of drug-likeness (QED) is 0.672. The van der Waals surface area contributed by atoms with Crippen molar-refractivity contribution in [2.24, 2.45) is 0 Å². The van der Waals surface area contributed by atoms with Crippen molar-refractivity contribution in [3.8, 4) is 0 Å². The number of hydrogen-bond donors (Lipinski definition) is 0. The maximum absolute atomic E-state index is 3.84. The van der Waals surface area contributed by atoms with Gasteiger partial charge >= 0.3 is 0 Å². The summed E-state index contributed by atoms with van der Waals surface area (Å²) in [5, 5.41) is 1.28. The van der Waals surface area contributed by atoms with E-state index in [9.17, 15) is 0 Å². The standard InChI is InChI=1S/C17H19N/c1-5-8-9-15-13(4)18(7-3)17-11-10-14(6-2)12-16(15)17/h5-6,8-12H,1-2,7H2,3-4H3/b9-8-. The fourth-order valence-corrected chi connectivity index (χ4v) is 2.43. The first-order valence-electron chi connectivity index (χ1n) is 6.27. The number of fused-ring (bicyclic) bond motifs is 1. The highest BCUT2D eigenvalue weighted by molar-refractivity contribution is 5.92. The summed E-state index contributed by atoms with van der Waals surface area (Å²) in [7, 11) is 0. The monoisotopic (exact) mass is 237 g/mol. The van der Waals surface area contributed by atoms with E-state index >= 15 is 0 Å². The van der Waals surface area contributed by atoms with E-state index in [1.54, 1.807) is 0 Å². The molecule has 0 saturated heterocycles. The zero-order valence-electron chi connectivity index (χ0n) is 11.1. The zero-order valence-corrected chi connectivity index (χ0v) is 11.1. The van der Waals surface area contributed by atoms with Gasteiger partial charge in [0.25, 0.3) is 0 Å². The molecule has 2 rings (SSSR count). The van der Waals surface area contributed by atoms with Crippen molar-refractivity contribution in [1.82, 2.24) is 4.57 Å². The van der Waals surface area contributed by atoms with Crippen LogP contribution < -0.4 is 0 Å². The Labute approximate surface area is 109 Å². The summed E-state index contributed by atoms with van der Waals surface area (Å²) in [4.78, 5) is 0. The summed E-state index contributed by atoms with van der Waals surface area (Å²) >= 11 is 0. The number of rotatable bonds is 4. The molecule has 0 spiro atoms. The minimum Gasteiger partial charge on any atom is -0.345 e. The van der Waals surface area contributed by atoms with Crippen LogP contribution in [0.5, 0.6) is 0 Å². The lowest BCUT2D eigenvalue weighted by Crippen LogP contribution is -1.96. The van der Waals surface area contributed by atoms with Crippen molar-refractivity contribution in [1.29, 1.82) is 0 Å². The smallest absolute Gasteiger partial charge is 0.0489 e. The first-order valence-corrected chi connectivity index (χ1v) is 6.27. The molecule has 0 saturated carbocycles. The maximum Gasteiger partial charge on any atom is 0.0489 e. The molecule has 0 amide bonds.